The SMILES string of the molecule is CC1CN(C(=O)c2cnn3c(-c4ccc(Cl)s4)ccnc23)CC(C)O1. The molecule has 0 radical (unpaired) electrons. The summed E-state index contributed by atoms with van der Waals surface area (Å²) in [6.07, 6.45) is 3.33. The lowest BCUT2D eigenvalue weighted by molar-refractivity contribution is -0.0585. The number of ether oxygens (including phenoxy) is 1. The molecule has 3 aromatic heterocycles. The third-order valence-electron chi connectivity index (χ3n) is 4.16. The van der Waals surface area contributed by atoms with Crippen LogP contribution in [0.25, 0.3) is 16.2 Å². The van der Waals surface area contributed by atoms with Crippen molar-refractivity contribution in [3.8, 4) is 10.6 Å². The Hall–Kier alpha value is -1.96. The van der Waals surface area contributed by atoms with Crippen LogP contribution in [0.4, 0.5) is 0 Å². The molecule has 0 N–H and O–H groups in total. The van der Waals surface area contributed by atoms with Crippen molar-refractivity contribution in [1.29, 1.82) is 0 Å². The van der Waals surface area contributed by atoms with Crippen LogP contribution in [0.5, 0.6) is 0 Å². The number of thiophene rings is 1. The Morgan fingerprint density at radius 3 is 2.72 bits per heavy atom. The van der Waals surface area contributed by atoms with Crippen LogP contribution in [0, 0.1) is 0 Å². The summed E-state index contributed by atoms with van der Waals surface area (Å²) in [5.74, 6) is -0.0640. The average Bonchev–Trinajstić information content (AvgIpc) is 3.19. The van der Waals surface area contributed by atoms with Gasteiger partial charge < -0.3 is 9.64 Å². The fraction of sp³-hybridized carbons (Fsp3) is 0.353. The summed E-state index contributed by atoms with van der Waals surface area (Å²) >= 11 is 7.51. The van der Waals surface area contributed by atoms with E-state index in [9.17, 15) is 4.79 Å². The maximum Gasteiger partial charge on any atom is 0.259 e. The van der Waals surface area contributed by atoms with Gasteiger partial charge in [0.05, 0.1) is 33.3 Å². The summed E-state index contributed by atoms with van der Waals surface area (Å²) < 4.78 is 8.11. The Bertz CT molecular complexity index is 928. The molecule has 0 saturated carbocycles. The van der Waals surface area contributed by atoms with Crippen molar-refractivity contribution in [2.45, 2.75) is 26.1 Å². The maximum atomic E-state index is 13.0. The highest BCUT2D eigenvalue weighted by molar-refractivity contribution is 7.19. The van der Waals surface area contributed by atoms with E-state index in [1.807, 2.05) is 36.9 Å². The highest BCUT2D eigenvalue weighted by Crippen LogP contribution is 2.31. The quantitative estimate of drug-likeness (QED) is 0.688. The predicted octanol–water partition coefficient (Wildman–Crippen LogP) is 3.36. The molecule has 0 aliphatic carbocycles. The van der Waals surface area contributed by atoms with E-state index in [0.717, 1.165) is 10.6 Å². The molecule has 6 nitrogen and oxygen atoms in total. The van der Waals surface area contributed by atoms with Gasteiger partial charge in [-0.05, 0) is 32.0 Å². The molecule has 0 aromatic carbocycles. The van der Waals surface area contributed by atoms with E-state index < -0.39 is 0 Å². The van der Waals surface area contributed by atoms with Crippen molar-refractivity contribution in [3.63, 3.8) is 0 Å². The van der Waals surface area contributed by atoms with Crippen LogP contribution in [0.2, 0.25) is 4.34 Å². The topological polar surface area (TPSA) is 59.7 Å². The van der Waals surface area contributed by atoms with E-state index in [2.05, 4.69) is 10.1 Å². The largest absolute Gasteiger partial charge is 0.372 e. The average molecular weight is 377 g/mol. The van der Waals surface area contributed by atoms with E-state index >= 15 is 0 Å². The van der Waals surface area contributed by atoms with Crippen LogP contribution in [-0.2, 0) is 4.74 Å². The first kappa shape index (κ1) is 16.5. The molecule has 3 aromatic rings. The number of amides is 1. The molecule has 4 heterocycles. The van der Waals surface area contributed by atoms with Crippen molar-refractivity contribution in [3.05, 3.63) is 40.5 Å². The summed E-state index contributed by atoms with van der Waals surface area (Å²) in [5, 5.41) is 4.40. The Labute approximate surface area is 154 Å². The molecule has 1 amide bonds. The molecule has 1 saturated heterocycles. The molecule has 2 atom stereocenters. The molecule has 25 heavy (non-hydrogen) atoms. The lowest BCUT2D eigenvalue weighted by Gasteiger charge is -2.35. The fourth-order valence-electron chi connectivity index (χ4n) is 3.19. The van der Waals surface area contributed by atoms with Crippen molar-refractivity contribution in [2.24, 2.45) is 0 Å². The zero-order valence-electron chi connectivity index (χ0n) is 13.8. The maximum absolute atomic E-state index is 13.0. The van der Waals surface area contributed by atoms with Crippen molar-refractivity contribution in [1.82, 2.24) is 19.5 Å². The van der Waals surface area contributed by atoms with Gasteiger partial charge in [0.1, 0.15) is 5.56 Å². The predicted molar refractivity (Wildman–Crippen MR) is 97.2 cm³/mol. The van der Waals surface area contributed by atoms with Crippen LogP contribution >= 0.6 is 22.9 Å². The molecule has 2 unspecified atom stereocenters. The molecule has 1 fully saturated rings. The van der Waals surface area contributed by atoms with Gasteiger partial charge in [-0.1, -0.05) is 11.6 Å². The minimum Gasteiger partial charge on any atom is -0.372 e. The molecule has 0 spiro atoms. The number of aromatic nitrogens is 3. The number of hydrogen-bond acceptors (Lipinski definition) is 5. The van der Waals surface area contributed by atoms with Gasteiger partial charge in [-0.3, -0.25) is 4.79 Å². The first-order chi connectivity index (χ1) is 12.0. The van der Waals surface area contributed by atoms with Crippen LogP contribution < -0.4 is 0 Å². The number of carbonyl (C=O) groups excluding carboxylic acids is 1. The third kappa shape index (κ3) is 3.03. The molecule has 4 rings (SSSR count). The Morgan fingerprint density at radius 2 is 2.04 bits per heavy atom. The monoisotopic (exact) mass is 376 g/mol. The molecule has 1 aliphatic heterocycles. The zero-order chi connectivity index (χ0) is 17.6. The van der Waals surface area contributed by atoms with Crippen LogP contribution in [-0.4, -0.2) is 50.7 Å². The zero-order valence-corrected chi connectivity index (χ0v) is 15.4. The van der Waals surface area contributed by atoms with E-state index in [0.29, 0.717) is 28.6 Å². The minimum absolute atomic E-state index is 0.0197. The van der Waals surface area contributed by atoms with Crippen LogP contribution in [0.15, 0.2) is 30.6 Å². The smallest absolute Gasteiger partial charge is 0.259 e. The van der Waals surface area contributed by atoms with Crippen LogP contribution in [0.3, 0.4) is 0 Å². The minimum atomic E-state index is -0.0640. The highest BCUT2D eigenvalue weighted by Gasteiger charge is 2.29. The van der Waals surface area contributed by atoms with E-state index in [1.165, 1.54) is 11.3 Å². The number of morpholine rings is 1. The molecule has 130 valence electrons. The summed E-state index contributed by atoms with van der Waals surface area (Å²) in [5.41, 5.74) is 1.93. The second-order valence-corrected chi connectivity index (χ2v) is 7.91. The molecule has 8 heteroatoms. The van der Waals surface area contributed by atoms with E-state index in [4.69, 9.17) is 16.3 Å². The van der Waals surface area contributed by atoms with Gasteiger partial charge in [-0.2, -0.15) is 5.10 Å². The third-order valence-corrected chi connectivity index (χ3v) is 5.42. The highest BCUT2D eigenvalue weighted by atomic mass is 35.5. The van der Waals surface area contributed by atoms with Gasteiger partial charge in [0.25, 0.3) is 5.91 Å². The normalized spacial score (nSPS) is 21.0. The van der Waals surface area contributed by atoms with Gasteiger partial charge in [-0.25, -0.2) is 9.50 Å². The van der Waals surface area contributed by atoms with Gasteiger partial charge in [0.15, 0.2) is 5.65 Å². The number of fused-ring (bicyclic) bond motifs is 1. The van der Waals surface area contributed by atoms with Gasteiger partial charge in [0, 0.05) is 19.3 Å². The summed E-state index contributed by atoms with van der Waals surface area (Å²) in [7, 11) is 0. The Morgan fingerprint density at radius 1 is 1.28 bits per heavy atom. The Balaban J connectivity index is 1.73. The first-order valence-corrected chi connectivity index (χ1v) is 9.25. The van der Waals surface area contributed by atoms with Crippen LogP contribution in [0.1, 0.15) is 24.2 Å². The second-order valence-electron chi connectivity index (χ2n) is 6.19. The lowest BCUT2D eigenvalue weighted by atomic mass is 10.2. The molecular formula is C17H17ClN4O2S. The van der Waals surface area contributed by atoms with Gasteiger partial charge in [-0.15, -0.1) is 11.3 Å². The van der Waals surface area contributed by atoms with E-state index in [1.54, 1.807) is 16.9 Å². The summed E-state index contributed by atoms with van der Waals surface area (Å²) in [6, 6.07) is 5.66. The fourth-order valence-corrected chi connectivity index (χ4v) is 4.25. The van der Waals surface area contributed by atoms with E-state index in [-0.39, 0.29) is 18.1 Å². The summed E-state index contributed by atoms with van der Waals surface area (Å²) in [6.45, 7) is 5.09. The number of rotatable bonds is 2. The van der Waals surface area contributed by atoms with Crippen molar-refractivity contribution >= 4 is 34.5 Å². The van der Waals surface area contributed by atoms with Gasteiger partial charge in [0.2, 0.25) is 0 Å². The number of nitrogens with zero attached hydrogens (tertiary/aromatic N) is 4. The second kappa shape index (κ2) is 6.40. The lowest BCUT2D eigenvalue weighted by Crippen LogP contribution is -2.48. The molecule has 0 bridgehead atoms. The number of hydrogen-bond donors (Lipinski definition) is 0. The molecule has 1 aliphatic rings. The standard InChI is InChI=1S/C17H17ClN4O2S/c1-10-8-21(9-11(2)24-10)17(23)12-7-20-22-13(5-6-19-16(12)22)14-3-4-15(18)25-14/h3-7,10-11H,8-9H2,1-2H3. The van der Waals surface area contributed by atoms with Crippen molar-refractivity contribution < 1.29 is 9.53 Å². The van der Waals surface area contributed by atoms with Crippen molar-refractivity contribution in [2.75, 3.05) is 13.1 Å². The Kier molecular flexibility index (Phi) is 4.23. The first-order valence-electron chi connectivity index (χ1n) is 8.06. The number of halogens is 1. The number of carbonyl (C=O) groups is 1. The summed E-state index contributed by atoms with van der Waals surface area (Å²) in [4.78, 5) is 20.1. The molecular weight excluding hydrogens is 360 g/mol. The van der Waals surface area contributed by atoms with Gasteiger partial charge >= 0.3 is 0 Å².